The highest BCUT2D eigenvalue weighted by molar-refractivity contribution is 6.04. The number of anilines is 1. The monoisotopic (exact) mass is 436 g/mol. The topological polar surface area (TPSA) is 90.0 Å². The van der Waals surface area contributed by atoms with Gasteiger partial charge in [-0.25, -0.2) is 13.6 Å². The fourth-order valence-corrected chi connectivity index (χ4v) is 3.23. The van der Waals surface area contributed by atoms with E-state index in [0.29, 0.717) is 17.7 Å². The normalized spacial score (nSPS) is 10.9. The molecule has 2 heterocycles. The van der Waals surface area contributed by atoms with Crippen molar-refractivity contribution in [2.75, 3.05) is 5.32 Å². The first-order valence-corrected chi connectivity index (χ1v) is 9.76. The highest BCUT2D eigenvalue weighted by Crippen LogP contribution is 2.28. The molecule has 0 spiro atoms. The summed E-state index contributed by atoms with van der Waals surface area (Å²) < 4.78 is 33.9. The number of halogens is 2. The maximum atomic E-state index is 13.8. The number of pyridine rings is 1. The van der Waals surface area contributed by atoms with Gasteiger partial charge < -0.3 is 9.73 Å². The van der Waals surface area contributed by atoms with E-state index in [-0.39, 0.29) is 5.89 Å². The first kappa shape index (κ1) is 21.1. The van der Waals surface area contributed by atoms with Crippen LogP contribution in [0.5, 0.6) is 0 Å². The van der Waals surface area contributed by atoms with Crippen molar-refractivity contribution < 1.29 is 18.0 Å². The fraction of sp³-hybridized carbons (Fsp3) is 0.130. The molecule has 0 atom stereocenters. The second-order valence-corrected chi connectivity index (χ2v) is 7.00. The number of aryl methyl sites for hydroxylation is 2. The van der Waals surface area contributed by atoms with E-state index in [9.17, 15) is 18.4 Å². The molecular formula is C23H18F2N4O3. The summed E-state index contributed by atoms with van der Waals surface area (Å²) in [6.45, 7) is 1.93. The molecule has 0 bridgehead atoms. The number of carbonyl (C=O) groups excluding carboxylic acids is 1. The van der Waals surface area contributed by atoms with Crippen molar-refractivity contribution in [3.63, 3.8) is 0 Å². The molecule has 9 heteroatoms. The van der Waals surface area contributed by atoms with Crippen molar-refractivity contribution in [1.82, 2.24) is 14.8 Å². The summed E-state index contributed by atoms with van der Waals surface area (Å²) in [5.41, 5.74) is 2.58. The molecule has 1 N–H and O–H groups in total. The molecule has 0 aliphatic rings. The summed E-state index contributed by atoms with van der Waals surface area (Å²) >= 11 is 0. The van der Waals surface area contributed by atoms with Crippen molar-refractivity contribution in [3.8, 4) is 22.6 Å². The second-order valence-electron chi connectivity index (χ2n) is 7.00. The Morgan fingerprint density at radius 2 is 1.78 bits per heavy atom. The van der Waals surface area contributed by atoms with Gasteiger partial charge in [0.05, 0.1) is 11.3 Å². The molecule has 0 aliphatic carbocycles. The molecule has 2 aromatic carbocycles. The van der Waals surface area contributed by atoms with Crippen LogP contribution in [0.4, 0.5) is 14.5 Å². The van der Waals surface area contributed by atoms with Gasteiger partial charge in [0.15, 0.2) is 0 Å². The molecule has 4 aromatic rings. The van der Waals surface area contributed by atoms with E-state index in [0.717, 1.165) is 33.6 Å². The molecule has 0 fully saturated rings. The van der Waals surface area contributed by atoms with Gasteiger partial charge in [-0.15, -0.1) is 5.10 Å². The molecule has 7 nitrogen and oxygen atoms in total. The molecule has 0 unspecified atom stereocenters. The van der Waals surface area contributed by atoms with Gasteiger partial charge in [0.25, 0.3) is 11.8 Å². The van der Waals surface area contributed by atoms with Crippen LogP contribution in [0.2, 0.25) is 0 Å². The Kier molecular flexibility index (Phi) is 5.63. The molecule has 0 saturated heterocycles. The molecule has 0 radical (unpaired) electrons. The van der Waals surface area contributed by atoms with Crippen LogP contribution in [-0.4, -0.2) is 20.7 Å². The molecule has 2 aromatic heterocycles. The third-order valence-electron chi connectivity index (χ3n) is 4.89. The Morgan fingerprint density at radius 1 is 1.09 bits per heavy atom. The lowest BCUT2D eigenvalue weighted by atomic mass is 10.0. The van der Waals surface area contributed by atoms with E-state index in [4.69, 9.17) is 4.42 Å². The van der Waals surface area contributed by atoms with E-state index < -0.39 is 28.9 Å². The third kappa shape index (κ3) is 4.04. The SMILES string of the molecule is CCc1ncc(-c2ccc(NC(=O)c3c(F)cccc3F)cc2)cc1-c1nn(C)c(=O)o1. The number of carbonyl (C=O) groups is 1. The highest BCUT2D eigenvalue weighted by atomic mass is 19.1. The van der Waals surface area contributed by atoms with Crippen molar-refractivity contribution >= 4 is 11.6 Å². The zero-order valence-electron chi connectivity index (χ0n) is 17.2. The average Bonchev–Trinajstić information content (AvgIpc) is 3.12. The Bertz CT molecular complexity index is 1340. The summed E-state index contributed by atoms with van der Waals surface area (Å²) in [6, 6.07) is 11.7. The summed E-state index contributed by atoms with van der Waals surface area (Å²) in [4.78, 5) is 28.4. The summed E-state index contributed by atoms with van der Waals surface area (Å²) in [5.74, 6) is -3.14. The standard InChI is InChI=1S/C23H18F2N4O3/c1-3-19-16(22-28-29(2)23(31)32-22)11-14(12-26-19)13-7-9-15(10-8-13)27-21(30)20-17(24)5-4-6-18(20)25/h4-12H,3H2,1-2H3,(H,27,30). The molecule has 1 amide bonds. The fourth-order valence-electron chi connectivity index (χ4n) is 3.23. The van der Waals surface area contributed by atoms with Gasteiger partial charge in [-0.3, -0.25) is 9.78 Å². The molecule has 0 aliphatic heterocycles. The van der Waals surface area contributed by atoms with Crippen LogP contribution in [0, 0.1) is 11.6 Å². The Labute approximate surface area is 181 Å². The number of nitrogens with zero attached hydrogens (tertiary/aromatic N) is 3. The van der Waals surface area contributed by atoms with E-state index in [1.54, 1.807) is 30.5 Å². The number of nitrogens with one attached hydrogen (secondary N) is 1. The lowest BCUT2D eigenvalue weighted by molar-refractivity contribution is 0.101. The number of hydrogen-bond donors (Lipinski definition) is 1. The summed E-state index contributed by atoms with van der Waals surface area (Å²) in [6.07, 6.45) is 2.30. The third-order valence-corrected chi connectivity index (χ3v) is 4.89. The quantitative estimate of drug-likeness (QED) is 0.507. The van der Waals surface area contributed by atoms with E-state index in [1.165, 1.54) is 13.1 Å². The lowest BCUT2D eigenvalue weighted by Crippen LogP contribution is -2.15. The van der Waals surface area contributed by atoms with Gasteiger partial charge in [0, 0.05) is 24.5 Å². The number of hydrogen-bond acceptors (Lipinski definition) is 5. The van der Waals surface area contributed by atoms with Crippen LogP contribution in [0.3, 0.4) is 0 Å². The van der Waals surface area contributed by atoms with E-state index in [1.807, 2.05) is 13.0 Å². The molecule has 162 valence electrons. The van der Waals surface area contributed by atoms with Crippen molar-refractivity contribution in [2.45, 2.75) is 13.3 Å². The largest absolute Gasteiger partial charge is 0.437 e. The summed E-state index contributed by atoms with van der Waals surface area (Å²) in [7, 11) is 1.50. The molecule has 4 rings (SSSR count). The average molecular weight is 436 g/mol. The van der Waals surface area contributed by atoms with E-state index >= 15 is 0 Å². The number of rotatable bonds is 5. The first-order chi connectivity index (χ1) is 15.4. The van der Waals surface area contributed by atoms with Crippen LogP contribution in [-0.2, 0) is 13.5 Å². The predicted octanol–water partition coefficient (Wildman–Crippen LogP) is 4.20. The van der Waals surface area contributed by atoms with Gasteiger partial charge in [-0.05, 0) is 42.3 Å². The van der Waals surface area contributed by atoms with Crippen molar-refractivity contribution in [1.29, 1.82) is 0 Å². The van der Waals surface area contributed by atoms with Gasteiger partial charge >= 0.3 is 5.76 Å². The van der Waals surface area contributed by atoms with Crippen LogP contribution in [0.15, 0.2) is 63.9 Å². The van der Waals surface area contributed by atoms with Crippen molar-refractivity contribution in [3.05, 3.63) is 88.2 Å². The van der Waals surface area contributed by atoms with E-state index in [2.05, 4.69) is 15.4 Å². The van der Waals surface area contributed by atoms with Gasteiger partial charge in [0.1, 0.15) is 17.2 Å². The van der Waals surface area contributed by atoms with Crippen LogP contribution in [0.25, 0.3) is 22.6 Å². The predicted molar refractivity (Wildman–Crippen MR) is 114 cm³/mol. The summed E-state index contributed by atoms with van der Waals surface area (Å²) in [5, 5.41) is 6.59. The van der Waals surface area contributed by atoms with Crippen LogP contribution < -0.4 is 11.1 Å². The Hall–Kier alpha value is -4.14. The maximum absolute atomic E-state index is 13.8. The lowest BCUT2D eigenvalue weighted by Gasteiger charge is -2.10. The minimum Gasteiger partial charge on any atom is -0.388 e. The minimum absolute atomic E-state index is 0.180. The van der Waals surface area contributed by atoms with Gasteiger partial charge in [-0.2, -0.15) is 4.68 Å². The minimum atomic E-state index is -0.935. The molecule has 32 heavy (non-hydrogen) atoms. The maximum Gasteiger partial charge on any atom is 0.437 e. The smallest absolute Gasteiger partial charge is 0.388 e. The van der Waals surface area contributed by atoms with Crippen LogP contribution >= 0.6 is 0 Å². The number of amides is 1. The zero-order valence-corrected chi connectivity index (χ0v) is 17.2. The molecule has 0 saturated carbocycles. The van der Waals surface area contributed by atoms with Gasteiger partial charge in [-0.1, -0.05) is 25.1 Å². The Morgan fingerprint density at radius 3 is 2.38 bits per heavy atom. The van der Waals surface area contributed by atoms with Crippen molar-refractivity contribution in [2.24, 2.45) is 7.05 Å². The molecular weight excluding hydrogens is 418 g/mol. The second kappa shape index (κ2) is 8.54. The van der Waals surface area contributed by atoms with Gasteiger partial charge in [0.2, 0.25) is 0 Å². The zero-order chi connectivity index (χ0) is 22.8. The highest BCUT2D eigenvalue weighted by Gasteiger charge is 2.18. The number of aromatic nitrogens is 3. The Balaban J connectivity index is 1.61. The first-order valence-electron chi connectivity index (χ1n) is 9.76. The van der Waals surface area contributed by atoms with Crippen LogP contribution in [0.1, 0.15) is 23.0 Å². The number of benzene rings is 2.